The SMILES string of the molecule is Cl.NC(CNC(=O)C1CCCN(c2ncccc2C(F)(F)F)C1)C1CC1. The molecule has 0 bridgehead atoms. The number of aromatic nitrogens is 1. The Bertz CT molecular complexity index is 624. The van der Waals surface area contributed by atoms with E-state index < -0.39 is 11.7 Å². The third-order valence-corrected chi connectivity index (χ3v) is 4.92. The molecule has 1 aromatic rings. The first kappa shape index (κ1) is 20.8. The molecule has 3 rings (SSSR count). The molecule has 0 aromatic carbocycles. The summed E-state index contributed by atoms with van der Waals surface area (Å²) in [7, 11) is 0. The molecule has 1 aliphatic heterocycles. The molecular weight excluding hydrogens is 369 g/mol. The summed E-state index contributed by atoms with van der Waals surface area (Å²) in [5, 5.41) is 2.86. The van der Waals surface area contributed by atoms with Gasteiger partial charge in [0, 0.05) is 31.9 Å². The average molecular weight is 393 g/mol. The average Bonchev–Trinajstić information content (AvgIpc) is 3.44. The van der Waals surface area contributed by atoms with Crippen molar-refractivity contribution >= 4 is 24.1 Å². The largest absolute Gasteiger partial charge is 0.419 e. The number of halogens is 4. The molecule has 146 valence electrons. The topological polar surface area (TPSA) is 71.2 Å². The number of amides is 1. The third kappa shape index (κ3) is 5.01. The van der Waals surface area contributed by atoms with Crippen LogP contribution in [0.1, 0.15) is 31.2 Å². The molecule has 3 N–H and O–H groups in total. The van der Waals surface area contributed by atoms with Crippen LogP contribution in [0.25, 0.3) is 0 Å². The molecule has 9 heteroatoms. The van der Waals surface area contributed by atoms with Gasteiger partial charge < -0.3 is 16.0 Å². The number of nitrogens with zero attached hydrogens (tertiary/aromatic N) is 2. The minimum Gasteiger partial charge on any atom is -0.355 e. The van der Waals surface area contributed by atoms with Gasteiger partial charge in [-0.3, -0.25) is 4.79 Å². The van der Waals surface area contributed by atoms with Gasteiger partial charge in [0.15, 0.2) is 0 Å². The highest BCUT2D eigenvalue weighted by atomic mass is 35.5. The van der Waals surface area contributed by atoms with E-state index in [4.69, 9.17) is 5.73 Å². The fourth-order valence-corrected chi connectivity index (χ4v) is 3.31. The van der Waals surface area contributed by atoms with E-state index >= 15 is 0 Å². The van der Waals surface area contributed by atoms with Gasteiger partial charge >= 0.3 is 6.18 Å². The highest BCUT2D eigenvalue weighted by molar-refractivity contribution is 5.85. The summed E-state index contributed by atoms with van der Waals surface area (Å²) in [6.07, 6.45) is 0.414. The van der Waals surface area contributed by atoms with E-state index in [1.54, 1.807) is 4.90 Å². The molecule has 1 amide bonds. The minimum atomic E-state index is -4.46. The molecular formula is C17H24ClF3N4O. The van der Waals surface area contributed by atoms with E-state index in [0.717, 1.165) is 18.9 Å². The zero-order chi connectivity index (χ0) is 18.0. The summed E-state index contributed by atoms with van der Waals surface area (Å²) in [5.41, 5.74) is 5.23. The second-order valence-electron chi connectivity index (χ2n) is 6.90. The Morgan fingerprint density at radius 2 is 2.12 bits per heavy atom. The van der Waals surface area contributed by atoms with Crippen molar-refractivity contribution in [3.05, 3.63) is 23.9 Å². The molecule has 2 atom stereocenters. The Morgan fingerprint density at radius 3 is 2.77 bits per heavy atom. The van der Waals surface area contributed by atoms with Gasteiger partial charge in [-0.1, -0.05) is 0 Å². The monoisotopic (exact) mass is 392 g/mol. The molecule has 5 nitrogen and oxygen atoms in total. The number of nitrogens with two attached hydrogens (primary N) is 1. The predicted molar refractivity (Wildman–Crippen MR) is 95.1 cm³/mol. The highest BCUT2D eigenvalue weighted by Gasteiger charge is 2.37. The zero-order valence-electron chi connectivity index (χ0n) is 14.3. The van der Waals surface area contributed by atoms with E-state index in [1.165, 1.54) is 12.3 Å². The molecule has 1 aliphatic carbocycles. The summed E-state index contributed by atoms with van der Waals surface area (Å²) in [5.74, 6) is -0.0817. The lowest BCUT2D eigenvalue weighted by atomic mass is 9.96. The number of nitrogens with one attached hydrogen (secondary N) is 1. The maximum absolute atomic E-state index is 13.2. The summed E-state index contributed by atoms with van der Waals surface area (Å²) in [6.45, 7) is 1.13. The smallest absolute Gasteiger partial charge is 0.355 e. The van der Waals surface area contributed by atoms with Crippen molar-refractivity contribution in [1.29, 1.82) is 0 Å². The minimum absolute atomic E-state index is 0. The number of anilines is 1. The number of pyridine rings is 1. The summed E-state index contributed by atoms with van der Waals surface area (Å²) in [4.78, 5) is 17.9. The lowest BCUT2D eigenvalue weighted by molar-refractivity contribution is -0.137. The van der Waals surface area contributed by atoms with Crippen molar-refractivity contribution in [2.24, 2.45) is 17.6 Å². The van der Waals surface area contributed by atoms with Gasteiger partial charge in [0.1, 0.15) is 5.82 Å². The van der Waals surface area contributed by atoms with Crippen LogP contribution in [0.2, 0.25) is 0 Å². The van der Waals surface area contributed by atoms with Crippen molar-refractivity contribution in [2.75, 3.05) is 24.5 Å². The van der Waals surface area contributed by atoms with Crippen LogP contribution in [0.3, 0.4) is 0 Å². The number of hydrogen-bond donors (Lipinski definition) is 2. The molecule has 2 fully saturated rings. The summed E-state index contributed by atoms with van der Waals surface area (Å²) in [6, 6.07) is 2.27. The van der Waals surface area contributed by atoms with Crippen LogP contribution in [0, 0.1) is 11.8 Å². The second-order valence-corrected chi connectivity index (χ2v) is 6.90. The normalized spacial score (nSPS) is 21.7. The van der Waals surface area contributed by atoms with Crippen LogP contribution in [-0.2, 0) is 11.0 Å². The van der Waals surface area contributed by atoms with E-state index in [0.29, 0.717) is 31.8 Å². The van der Waals surface area contributed by atoms with Crippen molar-refractivity contribution in [3.8, 4) is 0 Å². The van der Waals surface area contributed by atoms with E-state index in [1.807, 2.05) is 0 Å². The molecule has 1 saturated carbocycles. The van der Waals surface area contributed by atoms with Gasteiger partial charge in [0.2, 0.25) is 5.91 Å². The number of carbonyl (C=O) groups is 1. The molecule has 2 aliphatic rings. The van der Waals surface area contributed by atoms with E-state index in [9.17, 15) is 18.0 Å². The molecule has 1 aromatic heterocycles. The number of rotatable bonds is 5. The van der Waals surface area contributed by atoms with Gasteiger partial charge in [0.25, 0.3) is 0 Å². The fraction of sp³-hybridized carbons (Fsp3) is 0.647. The zero-order valence-corrected chi connectivity index (χ0v) is 15.2. The van der Waals surface area contributed by atoms with Crippen LogP contribution in [0.15, 0.2) is 18.3 Å². The van der Waals surface area contributed by atoms with Crippen LogP contribution in [-0.4, -0.2) is 36.6 Å². The maximum Gasteiger partial charge on any atom is 0.419 e. The lowest BCUT2D eigenvalue weighted by Crippen LogP contribution is -2.46. The first-order valence-corrected chi connectivity index (χ1v) is 8.66. The predicted octanol–water partition coefficient (Wildman–Crippen LogP) is 2.59. The fourth-order valence-electron chi connectivity index (χ4n) is 3.31. The molecule has 2 unspecified atom stereocenters. The van der Waals surface area contributed by atoms with Crippen LogP contribution in [0.4, 0.5) is 19.0 Å². The van der Waals surface area contributed by atoms with Gasteiger partial charge in [0.05, 0.1) is 11.5 Å². The van der Waals surface area contributed by atoms with E-state index in [-0.39, 0.29) is 42.6 Å². The Hall–Kier alpha value is -1.54. The van der Waals surface area contributed by atoms with Crippen LogP contribution < -0.4 is 16.0 Å². The lowest BCUT2D eigenvalue weighted by Gasteiger charge is -2.34. The van der Waals surface area contributed by atoms with Crippen molar-refractivity contribution < 1.29 is 18.0 Å². The van der Waals surface area contributed by atoms with E-state index in [2.05, 4.69) is 10.3 Å². The van der Waals surface area contributed by atoms with Gasteiger partial charge in [-0.15, -0.1) is 12.4 Å². The molecule has 2 heterocycles. The Labute approximate surface area is 156 Å². The van der Waals surface area contributed by atoms with Gasteiger partial charge in [-0.05, 0) is 43.7 Å². The Morgan fingerprint density at radius 1 is 1.38 bits per heavy atom. The van der Waals surface area contributed by atoms with Crippen LogP contribution in [0.5, 0.6) is 0 Å². The first-order chi connectivity index (χ1) is 11.9. The highest BCUT2D eigenvalue weighted by Crippen LogP contribution is 2.36. The van der Waals surface area contributed by atoms with Crippen LogP contribution >= 0.6 is 12.4 Å². The van der Waals surface area contributed by atoms with Gasteiger partial charge in [-0.2, -0.15) is 13.2 Å². The quantitative estimate of drug-likeness (QED) is 0.808. The standard InChI is InChI=1S/C17H23F3N4O.ClH/c18-17(19,20)13-4-1-7-22-15(13)24-8-2-3-12(10-24)16(25)23-9-14(21)11-5-6-11;/h1,4,7,11-12,14H,2-3,5-6,8-10,21H2,(H,23,25);1H. The summed E-state index contributed by atoms with van der Waals surface area (Å²) < 4.78 is 39.6. The van der Waals surface area contributed by atoms with Crippen molar-refractivity contribution in [2.45, 2.75) is 37.9 Å². The number of hydrogen-bond acceptors (Lipinski definition) is 4. The number of carbonyl (C=O) groups excluding carboxylic acids is 1. The molecule has 0 radical (unpaired) electrons. The van der Waals surface area contributed by atoms with Crippen molar-refractivity contribution in [1.82, 2.24) is 10.3 Å². The molecule has 0 spiro atoms. The number of piperidine rings is 1. The Kier molecular flexibility index (Phi) is 6.74. The second kappa shape index (κ2) is 8.43. The summed E-state index contributed by atoms with van der Waals surface area (Å²) >= 11 is 0. The van der Waals surface area contributed by atoms with Crippen molar-refractivity contribution in [3.63, 3.8) is 0 Å². The third-order valence-electron chi connectivity index (χ3n) is 4.92. The molecule has 1 saturated heterocycles. The van der Waals surface area contributed by atoms with Gasteiger partial charge in [-0.25, -0.2) is 4.98 Å². The first-order valence-electron chi connectivity index (χ1n) is 8.66. The Balaban J connectivity index is 0.00000243. The number of alkyl halides is 3. The maximum atomic E-state index is 13.2. The molecule has 26 heavy (non-hydrogen) atoms.